The predicted octanol–water partition coefficient (Wildman–Crippen LogP) is -0.308. The van der Waals surface area contributed by atoms with Crippen LogP contribution < -0.4 is 5.32 Å². The molecule has 0 saturated carbocycles. The molecule has 10 heteroatoms. The Morgan fingerprint density at radius 3 is 2.58 bits per heavy atom. The molecule has 0 atom stereocenters. The Labute approximate surface area is 138 Å². The molecule has 0 aliphatic carbocycles. The molecule has 0 unspecified atom stereocenters. The van der Waals surface area contributed by atoms with Crippen molar-refractivity contribution in [3.05, 3.63) is 11.9 Å². The van der Waals surface area contributed by atoms with Crippen LogP contribution >= 0.6 is 0 Å². The molecule has 0 radical (unpaired) electrons. The van der Waals surface area contributed by atoms with Crippen LogP contribution in [0, 0.1) is 0 Å². The fourth-order valence-electron chi connectivity index (χ4n) is 2.05. The van der Waals surface area contributed by atoms with Crippen molar-refractivity contribution in [1.29, 1.82) is 0 Å². The van der Waals surface area contributed by atoms with E-state index in [1.807, 2.05) is 6.92 Å². The first-order valence-corrected chi connectivity index (χ1v) is 7.72. The van der Waals surface area contributed by atoms with Gasteiger partial charge in [0.2, 0.25) is 5.91 Å². The van der Waals surface area contributed by atoms with Crippen LogP contribution in [0.5, 0.6) is 0 Å². The van der Waals surface area contributed by atoms with Gasteiger partial charge in [-0.3, -0.25) is 19.1 Å². The third kappa shape index (κ3) is 4.86. The number of rotatable bonds is 8. The first kappa shape index (κ1) is 17.6. The predicted molar refractivity (Wildman–Crippen MR) is 78.6 cm³/mol. The van der Waals surface area contributed by atoms with E-state index in [-0.39, 0.29) is 44.6 Å². The van der Waals surface area contributed by atoms with Crippen LogP contribution in [-0.4, -0.2) is 43.7 Å². The second-order valence-corrected chi connectivity index (χ2v) is 5.24. The normalized spacial score (nSPS) is 14.1. The van der Waals surface area contributed by atoms with E-state index < -0.39 is 17.8 Å². The van der Waals surface area contributed by atoms with E-state index in [0.717, 1.165) is 0 Å². The summed E-state index contributed by atoms with van der Waals surface area (Å²) >= 11 is 0. The van der Waals surface area contributed by atoms with Gasteiger partial charge in [0.15, 0.2) is 0 Å². The molecule has 10 nitrogen and oxygen atoms in total. The van der Waals surface area contributed by atoms with Crippen LogP contribution in [0.2, 0.25) is 0 Å². The lowest BCUT2D eigenvalue weighted by Gasteiger charge is -2.12. The quantitative estimate of drug-likeness (QED) is 0.645. The molecule has 1 saturated heterocycles. The lowest BCUT2D eigenvalue weighted by molar-refractivity contribution is -0.197. The van der Waals surface area contributed by atoms with E-state index in [2.05, 4.69) is 15.6 Å². The van der Waals surface area contributed by atoms with Gasteiger partial charge in [0.1, 0.15) is 5.69 Å². The topological polar surface area (TPSA) is 123 Å². The van der Waals surface area contributed by atoms with E-state index in [4.69, 9.17) is 4.84 Å². The van der Waals surface area contributed by atoms with Crippen LogP contribution in [0.25, 0.3) is 0 Å². The zero-order valence-electron chi connectivity index (χ0n) is 13.4. The largest absolute Gasteiger partial charge is 0.350 e. The Morgan fingerprint density at radius 1 is 1.25 bits per heavy atom. The molecule has 1 N–H and O–H groups in total. The van der Waals surface area contributed by atoms with E-state index in [9.17, 15) is 19.2 Å². The molecule has 2 rings (SSSR count). The summed E-state index contributed by atoms with van der Waals surface area (Å²) < 4.78 is 1.65. The van der Waals surface area contributed by atoms with Crippen molar-refractivity contribution < 1.29 is 24.0 Å². The van der Waals surface area contributed by atoms with Crippen LogP contribution in [0.15, 0.2) is 6.20 Å². The number of nitrogens with zero attached hydrogens (tertiary/aromatic N) is 4. The zero-order chi connectivity index (χ0) is 17.5. The van der Waals surface area contributed by atoms with Gasteiger partial charge in [-0.1, -0.05) is 5.21 Å². The first-order chi connectivity index (χ1) is 11.5. The van der Waals surface area contributed by atoms with E-state index >= 15 is 0 Å². The van der Waals surface area contributed by atoms with Crippen molar-refractivity contribution in [3.8, 4) is 0 Å². The first-order valence-electron chi connectivity index (χ1n) is 7.72. The van der Waals surface area contributed by atoms with Crippen molar-refractivity contribution >= 4 is 23.7 Å². The molecule has 24 heavy (non-hydrogen) atoms. The van der Waals surface area contributed by atoms with Gasteiger partial charge in [0.25, 0.3) is 11.8 Å². The van der Waals surface area contributed by atoms with Gasteiger partial charge in [-0.15, -0.1) is 10.2 Å². The van der Waals surface area contributed by atoms with Crippen molar-refractivity contribution in [1.82, 2.24) is 25.4 Å². The highest BCUT2D eigenvalue weighted by Gasteiger charge is 2.32. The molecular formula is C14H19N5O5. The number of aryl methyl sites for hydroxylation is 1. The zero-order valence-corrected chi connectivity index (χ0v) is 13.4. The highest BCUT2D eigenvalue weighted by Crippen LogP contribution is 2.13. The molecule has 1 fully saturated rings. The number of hydrogen-bond acceptors (Lipinski definition) is 7. The second-order valence-electron chi connectivity index (χ2n) is 5.24. The third-order valence-electron chi connectivity index (χ3n) is 3.36. The van der Waals surface area contributed by atoms with Crippen LogP contribution in [0.3, 0.4) is 0 Å². The second kappa shape index (κ2) is 8.18. The van der Waals surface area contributed by atoms with Gasteiger partial charge in [-0.25, -0.2) is 4.79 Å². The molecule has 0 spiro atoms. The van der Waals surface area contributed by atoms with Gasteiger partial charge in [0.05, 0.1) is 12.7 Å². The summed E-state index contributed by atoms with van der Waals surface area (Å²) in [6, 6.07) is 0. The van der Waals surface area contributed by atoms with Crippen LogP contribution in [0.4, 0.5) is 0 Å². The Morgan fingerprint density at radius 2 is 1.96 bits per heavy atom. The molecule has 2 heterocycles. The van der Waals surface area contributed by atoms with Crippen LogP contribution in [-0.2, 0) is 37.1 Å². The van der Waals surface area contributed by atoms with E-state index in [1.54, 1.807) is 10.9 Å². The number of hydroxylamine groups is 2. The van der Waals surface area contributed by atoms with E-state index in [1.165, 1.54) is 0 Å². The number of carbonyl (C=O) groups is 4. The van der Waals surface area contributed by atoms with Crippen molar-refractivity contribution in [2.24, 2.45) is 0 Å². The summed E-state index contributed by atoms with van der Waals surface area (Å²) in [5.41, 5.74) is 0.649. The van der Waals surface area contributed by atoms with Crippen molar-refractivity contribution in [3.63, 3.8) is 0 Å². The summed E-state index contributed by atoms with van der Waals surface area (Å²) in [5, 5.41) is 10.9. The maximum absolute atomic E-state index is 11.7. The molecule has 1 aromatic rings. The fourth-order valence-corrected chi connectivity index (χ4v) is 2.05. The summed E-state index contributed by atoms with van der Waals surface area (Å²) in [6.07, 6.45) is 2.16. The molecule has 0 aromatic carbocycles. The molecule has 1 aliphatic heterocycles. The van der Waals surface area contributed by atoms with Crippen molar-refractivity contribution in [2.75, 3.05) is 0 Å². The molecule has 1 aromatic heterocycles. The number of nitrogens with one attached hydrogen (secondary N) is 1. The molecular weight excluding hydrogens is 318 g/mol. The summed E-state index contributed by atoms with van der Waals surface area (Å²) in [7, 11) is 0. The molecule has 1 aliphatic rings. The number of imide groups is 1. The highest BCUT2D eigenvalue weighted by molar-refractivity contribution is 6.01. The standard InChI is InChI=1S/C14H19N5O5/c1-2-18-9-10(16-17-18)8-15-11(20)4-3-5-14(23)24-19-12(21)6-7-13(19)22/h9H,2-8H2,1H3,(H,15,20). The van der Waals surface area contributed by atoms with Gasteiger partial charge in [0, 0.05) is 32.2 Å². The summed E-state index contributed by atoms with van der Waals surface area (Å²) in [5.74, 6) is -1.99. The Kier molecular flexibility index (Phi) is 5.99. The molecule has 3 amide bonds. The third-order valence-corrected chi connectivity index (χ3v) is 3.36. The SMILES string of the molecule is CCn1cc(CNC(=O)CCCC(=O)ON2C(=O)CCC2=O)nn1. The number of aromatic nitrogens is 3. The average Bonchev–Trinajstić information content (AvgIpc) is 3.14. The van der Waals surface area contributed by atoms with Gasteiger partial charge < -0.3 is 10.2 Å². The van der Waals surface area contributed by atoms with Crippen molar-refractivity contribution in [2.45, 2.75) is 52.1 Å². The number of carbonyl (C=O) groups excluding carboxylic acids is 4. The Bertz CT molecular complexity index is 625. The monoisotopic (exact) mass is 337 g/mol. The summed E-state index contributed by atoms with van der Waals surface area (Å²) in [6.45, 7) is 2.89. The number of amides is 3. The average molecular weight is 337 g/mol. The minimum Gasteiger partial charge on any atom is -0.350 e. The smallest absolute Gasteiger partial charge is 0.333 e. The van der Waals surface area contributed by atoms with Crippen LogP contribution in [0.1, 0.15) is 44.7 Å². The van der Waals surface area contributed by atoms with Gasteiger partial charge >= 0.3 is 5.97 Å². The maximum Gasteiger partial charge on any atom is 0.333 e. The fraction of sp³-hybridized carbons (Fsp3) is 0.571. The Hall–Kier alpha value is -2.78. The highest BCUT2D eigenvalue weighted by atomic mass is 16.7. The minimum atomic E-state index is -0.711. The van der Waals surface area contributed by atoms with Gasteiger partial charge in [-0.05, 0) is 13.3 Å². The number of hydrogen-bond donors (Lipinski definition) is 1. The summed E-state index contributed by atoms with van der Waals surface area (Å²) in [4.78, 5) is 50.5. The lowest BCUT2D eigenvalue weighted by Crippen LogP contribution is -2.32. The molecule has 130 valence electrons. The minimum absolute atomic E-state index is 0.0527. The lowest BCUT2D eigenvalue weighted by atomic mass is 10.2. The van der Waals surface area contributed by atoms with E-state index in [0.29, 0.717) is 17.3 Å². The maximum atomic E-state index is 11.7. The molecule has 0 bridgehead atoms. The Balaban J connectivity index is 1.62. The van der Waals surface area contributed by atoms with Gasteiger partial charge in [-0.2, -0.15) is 0 Å².